The Hall–Kier alpha value is -2.17. The molecule has 132 valence electrons. The summed E-state index contributed by atoms with van der Waals surface area (Å²) in [7, 11) is 0. The fourth-order valence-corrected chi connectivity index (χ4v) is 2.22. The van der Waals surface area contributed by atoms with Gasteiger partial charge in [0.1, 0.15) is 24.4 Å². The third-order valence-electron chi connectivity index (χ3n) is 3.58. The zero-order valence-electron chi connectivity index (χ0n) is 12.5. The van der Waals surface area contributed by atoms with Crippen LogP contribution in [-0.4, -0.2) is 68.8 Å². The molecule has 24 heavy (non-hydrogen) atoms. The molecule has 9 heteroatoms. The molecule has 1 aliphatic rings. The number of benzene rings is 1. The van der Waals surface area contributed by atoms with Crippen LogP contribution in [0.3, 0.4) is 0 Å². The number of rotatable bonds is 5. The topological polar surface area (TPSA) is 163 Å². The number of aliphatic hydroxyl groups is 4. The van der Waals surface area contributed by atoms with Crippen LogP contribution >= 0.6 is 0 Å². The third-order valence-corrected chi connectivity index (χ3v) is 3.58. The number of anilines is 1. The van der Waals surface area contributed by atoms with Gasteiger partial charge in [0.05, 0.1) is 6.61 Å². The molecule has 1 unspecified atom stereocenters. The maximum atomic E-state index is 11.4. The lowest BCUT2D eigenvalue weighted by molar-refractivity contribution is -0.291. The van der Waals surface area contributed by atoms with E-state index >= 15 is 0 Å². The van der Waals surface area contributed by atoms with E-state index in [-0.39, 0.29) is 0 Å². The number of para-hydroxylation sites is 1. The van der Waals surface area contributed by atoms with Crippen LogP contribution in [0.1, 0.15) is 5.56 Å². The van der Waals surface area contributed by atoms with E-state index in [1.807, 2.05) is 0 Å². The molecular weight excluding hydrogens is 322 g/mol. The second kappa shape index (κ2) is 7.60. The Kier molecular flexibility index (Phi) is 5.75. The van der Waals surface area contributed by atoms with Gasteiger partial charge >= 0.3 is 5.97 Å². The molecule has 1 aromatic rings. The lowest BCUT2D eigenvalue weighted by Gasteiger charge is -2.39. The highest BCUT2D eigenvalue weighted by Gasteiger charge is 2.45. The van der Waals surface area contributed by atoms with Crippen LogP contribution in [0.4, 0.5) is 5.69 Å². The summed E-state index contributed by atoms with van der Waals surface area (Å²) in [5.41, 5.74) is 6.42. The molecule has 0 saturated carbocycles. The number of aliphatic hydroxyl groups excluding tert-OH is 4. The van der Waals surface area contributed by atoms with Crippen LogP contribution in [0.25, 0.3) is 6.08 Å². The van der Waals surface area contributed by atoms with Crippen LogP contribution in [-0.2, 0) is 14.3 Å². The van der Waals surface area contributed by atoms with E-state index in [1.54, 1.807) is 24.3 Å². The maximum absolute atomic E-state index is 11.4. The SMILES string of the molecule is Nc1ccccc1/C=C(\O[C@@H]1O[C@H](CO)C(O)[C@H](O)[C@H]1O)C(=O)O. The molecule has 0 aliphatic carbocycles. The molecule has 5 atom stereocenters. The number of carboxylic acid groups (broad SMARTS) is 1. The average Bonchev–Trinajstić information content (AvgIpc) is 2.56. The van der Waals surface area contributed by atoms with Crippen LogP contribution < -0.4 is 5.73 Å². The van der Waals surface area contributed by atoms with Crippen molar-refractivity contribution in [2.24, 2.45) is 0 Å². The Morgan fingerprint density at radius 1 is 1.21 bits per heavy atom. The van der Waals surface area contributed by atoms with Crippen molar-refractivity contribution in [1.29, 1.82) is 0 Å². The first-order valence-electron chi connectivity index (χ1n) is 7.11. The van der Waals surface area contributed by atoms with Crippen LogP contribution in [0.2, 0.25) is 0 Å². The number of ether oxygens (including phenoxy) is 2. The van der Waals surface area contributed by atoms with Crippen molar-refractivity contribution in [2.45, 2.75) is 30.7 Å². The number of nitrogen functional groups attached to an aromatic ring is 1. The lowest BCUT2D eigenvalue weighted by atomic mass is 9.99. The number of aliphatic carboxylic acids is 1. The van der Waals surface area contributed by atoms with Crippen molar-refractivity contribution < 1.29 is 39.8 Å². The number of carboxylic acids is 1. The summed E-state index contributed by atoms with van der Waals surface area (Å²) in [6.45, 7) is -0.650. The first-order valence-corrected chi connectivity index (χ1v) is 7.11. The van der Waals surface area contributed by atoms with Gasteiger partial charge in [0, 0.05) is 11.3 Å². The number of hydrogen-bond donors (Lipinski definition) is 6. The molecule has 0 aromatic heterocycles. The lowest BCUT2D eigenvalue weighted by Crippen LogP contribution is -2.59. The second-order valence-corrected chi connectivity index (χ2v) is 5.26. The molecule has 1 saturated heterocycles. The summed E-state index contributed by atoms with van der Waals surface area (Å²) in [5, 5.41) is 47.6. The Balaban J connectivity index is 2.24. The second-order valence-electron chi connectivity index (χ2n) is 5.26. The monoisotopic (exact) mass is 341 g/mol. The minimum atomic E-state index is -1.71. The summed E-state index contributed by atoms with van der Waals surface area (Å²) in [4.78, 5) is 11.4. The van der Waals surface area contributed by atoms with E-state index in [0.717, 1.165) is 6.08 Å². The Morgan fingerprint density at radius 3 is 2.46 bits per heavy atom. The van der Waals surface area contributed by atoms with Crippen molar-refractivity contribution in [3.8, 4) is 0 Å². The van der Waals surface area contributed by atoms with Gasteiger partial charge in [-0.1, -0.05) is 18.2 Å². The van der Waals surface area contributed by atoms with Crippen LogP contribution in [0, 0.1) is 0 Å². The first kappa shape index (κ1) is 18.2. The fourth-order valence-electron chi connectivity index (χ4n) is 2.22. The Bertz CT molecular complexity index is 617. The minimum Gasteiger partial charge on any atom is -0.475 e. The molecule has 1 aliphatic heterocycles. The van der Waals surface area contributed by atoms with E-state index in [2.05, 4.69) is 0 Å². The van der Waals surface area contributed by atoms with Gasteiger partial charge in [-0.25, -0.2) is 4.79 Å². The zero-order chi connectivity index (χ0) is 17.9. The van der Waals surface area contributed by atoms with Gasteiger partial charge in [0.25, 0.3) is 0 Å². The molecule has 0 spiro atoms. The minimum absolute atomic E-state index is 0.314. The Morgan fingerprint density at radius 2 is 1.88 bits per heavy atom. The normalized spacial score (nSPS) is 30.8. The smallest absolute Gasteiger partial charge is 0.371 e. The molecule has 9 nitrogen and oxygen atoms in total. The highest BCUT2D eigenvalue weighted by Crippen LogP contribution is 2.25. The highest BCUT2D eigenvalue weighted by molar-refractivity contribution is 5.91. The van der Waals surface area contributed by atoms with Crippen molar-refractivity contribution in [3.63, 3.8) is 0 Å². The largest absolute Gasteiger partial charge is 0.475 e. The number of carbonyl (C=O) groups is 1. The van der Waals surface area contributed by atoms with E-state index in [1.165, 1.54) is 0 Å². The van der Waals surface area contributed by atoms with E-state index in [0.29, 0.717) is 11.3 Å². The summed E-state index contributed by atoms with van der Waals surface area (Å²) in [6.07, 6.45) is -6.60. The number of hydrogen-bond acceptors (Lipinski definition) is 8. The van der Waals surface area contributed by atoms with Gasteiger partial charge in [-0.2, -0.15) is 0 Å². The van der Waals surface area contributed by atoms with Gasteiger partial charge in [-0.05, 0) is 12.1 Å². The molecular formula is C15H19NO8. The molecule has 0 radical (unpaired) electrons. The molecule has 0 amide bonds. The standard InChI is InChI=1S/C15H19NO8/c16-8-4-2-1-3-7(8)5-9(14(21)22)23-15-13(20)12(19)11(18)10(6-17)24-15/h1-5,10-13,15,17-20H,6,16H2,(H,21,22)/b9-5-/t10-,11?,12+,13-,15-/m1/s1. The fraction of sp³-hybridized carbons (Fsp3) is 0.400. The van der Waals surface area contributed by atoms with Gasteiger partial charge < -0.3 is 40.7 Å². The van der Waals surface area contributed by atoms with E-state index < -0.39 is 49.0 Å². The molecule has 7 N–H and O–H groups in total. The van der Waals surface area contributed by atoms with E-state index in [9.17, 15) is 25.2 Å². The summed E-state index contributed by atoms with van der Waals surface area (Å²) >= 11 is 0. The van der Waals surface area contributed by atoms with Gasteiger partial charge in [0.2, 0.25) is 12.0 Å². The summed E-state index contributed by atoms with van der Waals surface area (Å²) in [6, 6.07) is 6.45. The highest BCUT2D eigenvalue weighted by atomic mass is 16.7. The van der Waals surface area contributed by atoms with E-state index in [4.69, 9.17) is 20.3 Å². The molecule has 1 heterocycles. The zero-order valence-corrected chi connectivity index (χ0v) is 12.5. The van der Waals surface area contributed by atoms with Gasteiger partial charge in [-0.3, -0.25) is 0 Å². The summed E-state index contributed by atoms with van der Waals surface area (Å²) in [5.74, 6) is -2.03. The molecule has 1 aromatic carbocycles. The van der Waals surface area contributed by atoms with Crippen LogP contribution in [0.5, 0.6) is 0 Å². The molecule has 1 fully saturated rings. The summed E-state index contributed by atoms with van der Waals surface area (Å²) < 4.78 is 10.2. The predicted molar refractivity (Wildman–Crippen MR) is 81.3 cm³/mol. The first-order chi connectivity index (χ1) is 11.3. The molecule has 2 rings (SSSR count). The van der Waals surface area contributed by atoms with Crippen LogP contribution in [0.15, 0.2) is 30.0 Å². The van der Waals surface area contributed by atoms with Crippen molar-refractivity contribution in [3.05, 3.63) is 35.6 Å². The quantitative estimate of drug-likeness (QED) is 0.213. The van der Waals surface area contributed by atoms with Gasteiger partial charge in [0.15, 0.2) is 0 Å². The maximum Gasteiger partial charge on any atom is 0.371 e. The van der Waals surface area contributed by atoms with Gasteiger partial charge in [-0.15, -0.1) is 0 Å². The third kappa shape index (κ3) is 3.83. The average molecular weight is 341 g/mol. The van der Waals surface area contributed by atoms with Crippen molar-refractivity contribution in [2.75, 3.05) is 12.3 Å². The van der Waals surface area contributed by atoms with Crippen molar-refractivity contribution >= 4 is 17.7 Å². The number of nitrogens with two attached hydrogens (primary N) is 1. The molecule has 0 bridgehead atoms. The van der Waals surface area contributed by atoms with Crippen molar-refractivity contribution in [1.82, 2.24) is 0 Å². The predicted octanol–water partition coefficient (Wildman–Crippen LogP) is -1.49. The Labute approximate surface area is 137 Å².